The van der Waals surface area contributed by atoms with Crippen molar-refractivity contribution < 1.29 is 18.8 Å². The summed E-state index contributed by atoms with van der Waals surface area (Å²) in [5.41, 5.74) is 1.88. The topological polar surface area (TPSA) is 102 Å². The molecule has 2 atom stereocenters. The molecule has 72 valence electrons. The van der Waals surface area contributed by atoms with E-state index < -0.39 is 19.4 Å². The Kier molecular flexibility index (Phi) is 4.41. The Morgan fingerprint density at radius 1 is 1.83 bits per heavy atom. The van der Waals surface area contributed by atoms with Crippen LogP contribution in [0, 0.1) is 5.92 Å². The molecule has 0 aromatic carbocycles. The van der Waals surface area contributed by atoms with Crippen molar-refractivity contribution in [2.45, 2.75) is 6.92 Å². The highest BCUT2D eigenvalue weighted by atomic mass is 31.2. The lowest BCUT2D eigenvalue weighted by Crippen LogP contribution is -2.36. The lowest BCUT2D eigenvalue weighted by molar-refractivity contribution is -0.124. The summed E-state index contributed by atoms with van der Waals surface area (Å²) in [6.45, 7) is 1.49. The fourth-order valence-electron chi connectivity index (χ4n) is 0.646. The molecule has 0 aliphatic carbocycles. The summed E-state index contributed by atoms with van der Waals surface area (Å²) in [4.78, 5) is 19.7. The molecule has 0 heterocycles. The Labute approximate surface area is 70.6 Å². The first-order valence-electron chi connectivity index (χ1n) is 3.31. The van der Waals surface area contributed by atoms with Gasteiger partial charge < -0.3 is 9.42 Å². The molecule has 0 saturated heterocycles. The number of nitrogens with one attached hydrogen (secondary N) is 1. The highest BCUT2D eigenvalue weighted by Crippen LogP contribution is 2.42. The lowest BCUT2D eigenvalue weighted by atomic mass is 10.2. The van der Waals surface area contributed by atoms with Gasteiger partial charge in [0.15, 0.2) is 0 Å². The van der Waals surface area contributed by atoms with Crippen molar-refractivity contribution in [2.75, 3.05) is 13.3 Å². The van der Waals surface area contributed by atoms with Crippen molar-refractivity contribution in [3.05, 3.63) is 0 Å². The van der Waals surface area contributed by atoms with Crippen LogP contribution < -0.4 is 11.3 Å². The second-order valence-electron chi connectivity index (χ2n) is 2.41. The molecule has 0 radical (unpaired) electrons. The number of amides is 1. The normalized spacial score (nSPS) is 18.0. The monoisotopic (exact) mass is 196 g/mol. The third kappa shape index (κ3) is 3.82. The first-order chi connectivity index (χ1) is 5.43. The van der Waals surface area contributed by atoms with Crippen molar-refractivity contribution >= 4 is 13.5 Å². The number of hydrogen-bond acceptors (Lipinski definition) is 4. The minimum Gasteiger partial charge on any atom is -0.324 e. The number of nitrogens with two attached hydrogens (primary N) is 1. The van der Waals surface area contributed by atoms with Gasteiger partial charge in [0.1, 0.15) is 0 Å². The van der Waals surface area contributed by atoms with E-state index in [1.165, 1.54) is 6.92 Å². The zero-order chi connectivity index (χ0) is 9.78. The fraction of sp³-hybridized carbons (Fsp3) is 0.800. The fourth-order valence-corrected chi connectivity index (χ4v) is 1.65. The van der Waals surface area contributed by atoms with Crippen molar-refractivity contribution in [2.24, 2.45) is 11.8 Å². The molecule has 4 N–H and O–H groups in total. The van der Waals surface area contributed by atoms with Crippen molar-refractivity contribution in [3.8, 4) is 0 Å². The average molecular weight is 196 g/mol. The van der Waals surface area contributed by atoms with Gasteiger partial charge in [-0.3, -0.25) is 14.8 Å². The van der Waals surface area contributed by atoms with Gasteiger partial charge in [0.2, 0.25) is 5.91 Å². The van der Waals surface area contributed by atoms with Crippen LogP contribution in [0.1, 0.15) is 6.92 Å². The molecule has 0 aromatic rings. The van der Waals surface area contributed by atoms with E-state index in [-0.39, 0.29) is 6.16 Å². The van der Waals surface area contributed by atoms with E-state index >= 15 is 0 Å². The molecule has 0 bridgehead atoms. The molecule has 1 amide bonds. The van der Waals surface area contributed by atoms with Gasteiger partial charge in [0, 0.05) is 13.0 Å². The van der Waals surface area contributed by atoms with Crippen LogP contribution in [0.4, 0.5) is 0 Å². The summed E-state index contributed by atoms with van der Waals surface area (Å²) in [7, 11) is -2.49. The Bertz CT molecular complexity index is 208. The predicted molar refractivity (Wildman–Crippen MR) is 43.2 cm³/mol. The van der Waals surface area contributed by atoms with Crippen molar-refractivity contribution in [3.63, 3.8) is 0 Å². The third-order valence-electron chi connectivity index (χ3n) is 1.38. The second-order valence-corrected chi connectivity index (χ2v) is 4.42. The van der Waals surface area contributed by atoms with Crippen LogP contribution in [-0.2, 0) is 13.9 Å². The van der Waals surface area contributed by atoms with E-state index in [2.05, 4.69) is 4.52 Å². The van der Waals surface area contributed by atoms with E-state index in [9.17, 15) is 9.36 Å². The summed E-state index contributed by atoms with van der Waals surface area (Å²) in [6, 6.07) is 0. The maximum absolute atomic E-state index is 10.9. The molecule has 6 nitrogen and oxygen atoms in total. The number of carbonyl (C=O) groups is 1. The highest BCUT2D eigenvalue weighted by Gasteiger charge is 2.25. The van der Waals surface area contributed by atoms with Gasteiger partial charge in [-0.05, 0) is 0 Å². The zero-order valence-electron chi connectivity index (χ0n) is 6.98. The van der Waals surface area contributed by atoms with Crippen molar-refractivity contribution in [1.82, 2.24) is 5.43 Å². The summed E-state index contributed by atoms with van der Waals surface area (Å²) in [5, 5.41) is 0. The van der Waals surface area contributed by atoms with Gasteiger partial charge in [0.25, 0.3) is 0 Å². The smallest absolute Gasteiger partial charge is 0.324 e. The van der Waals surface area contributed by atoms with Crippen LogP contribution in [0.15, 0.2) is 0 Å². The molecule has 7 heteroatoms. The van der Waals surface area contributed by atoms with E-state index in [4.69, 9.17) is 10.7 Å². The van der Waals surface area contributed by atoms with E-state index in [0.29, 0.717) is 0 Å². The van der Waals surface area contributed by atoms with Gasteiger partial charge in [-0.2, -0.15) is 0 Å². The molecule has 0 aliphatic heterocycles. The van der Waals surface area contributed by atoms with Gasteiger partial charge in [-0.1, -0.05) is 6.92 Å². The maximum atomic E-state index is 10.9. The van der Waals surface area contributed by atoms with Gasteiger partial charge in [-0.15, -0.1) is 0 Å². The zero-order valence-corrected chi connectivity index (χ0v) is 7.88. The molecule has 12 heavy (non-hydrogen) atoms. The SMILES string of the molecule is COP(=O)(O)CC(C)C(=O)NN. The Morgan fingerprint density at radius 2 is 2.33 bits per heavy atom. The Balaban J connectivity index is 4.09. The molecule has 0 rings (SSSR count). The minimum absolute atomic E-state index is 0.230. The van der Waals surface area contributed by atoms with E-state index in [1.807, 2.05) is 5.43 Å². The molecular formula is C5H13N2O4P. The first kappa shape index (κ1) is 11.6. The summed E-state index contributed by atoms with van der Waals surface area (Å²) >= 11 is 0. The van der Waals surface area contributed by atoms with Gasteiger partial charge in [0.05, 0.1) is 6.16 Å². The molecular weight excluding hydrogens is 183 g/mol. The molecule has 0 fully saturated rings. The Morgan fingerprint density at radius 3 is 2.67 bits per heavy atom. The summed E-state index contributed by atoms with van der Waals surface area (Å²) < 4.78 is 15.2. The van der Waals surface area contributed by atoms with Crippen LogP contribution >= 0.6 is 7.60 Å². The standard InChI is InChI=1S/C5H13N2O4P/c1-4(5(8)7-6)3-12(9,10)11-2/h4H,3,6H2,1-2H3,(H,7,8)(H,9,10). The second kappa shape index (κ2) is 4.57. The van der Waals surface area contributed by atoms with E-state index in [0.717, 1.165) is 7.11 Å². The lowest BCUT2D eigenvalue weighted by Gasteiger charge is -2.12. The van der Waals surface area contributed by atoms with Crippen LogP contribution in [0.3, 0.4) is 0 Å². The largest absolute Gasteiger partial charge is 0.328 e. The average Bonchev–Trinajstić information content (AvgIpc) is 2.02. The molecule has 0 saturated carbocycles. The van der Waals surface area contributed by atoms with Crippen LogP contribution in [-0.4, -0.2) is 24.1 Å². The number of hydrazine groups is 1. The van der Waals surface area contributed by atoms with E-state index in [1.54, 1.807) is 0 Å². The van der Waals surface area contributed by atoms with Gasteiger partial charge in [-0.25, -0.2) is 5.84 Å². The van der Waals surface area contributed by atoms with Crippen LogP contribution in [0.2, 0.25) is 0 Å². The molecule has 0 aliphatic rings. The molecule has 2 unspecified atom stereocenters. The Hall–Kier alpha value is -0.420. The minimum atomic E-state index is -3.61. The number of hydrogen-bond donors (Lipinski definition) is 3. The predicted octanol–water partition coefficient (Wildman–Crippen LogP) is -0.556. The summed E-state index contributed by atoms with van der Waals surface area (Å²) in [5.74, 6) is 3.70. The van der Waals surface area contributed by atoms with Crippen LogP contribution in [0.25, 0.3) is 0 Å². The first-order valence-corrected chi connectivity index (χ1v) is 5.07. The van der Waals surface area contributed by atoms with Crippen LogP contribution in [0.5, 0.6) is 0 Å². The molecule has 0 spiro atoms. The van der Waals surface area contributed by atoms with Crippen molar-refractivity contribution in [1.29, 1.82) is 0 Å². The number of rotatable bonds is 4. The maximum Gasteiger partial charge on any atom is 0.328 e. The highest BCUT2D eigenvalue weighted by molar-refractivity contribution is 7.52. The third-order valence-corrected chi connectivity index (χ3v) is 2.96. The number of carbonyl (C=O) groups excluding carboxylic acids is 1. The summed E-state index contributed by atoms with van der Waals surface area (Å²) in [6.07, 6.45) is -0.230. The quantitative estimate of drug-likeness (QED) is 0.242. The molecule has 0 aromatic heterocycles. The van der Waals surface area contributed by atoms with Gasteiger partial charge >= 0.3 is 7.60 Å².